The van der Waals surface area contributed by atoms with Crippen LogP contribution in [0.1, 0.15) is 31.9 Å². The second kappa shape index (κ2) is 6.75. The van der Waals surface area contributed by atoms with Gasteiger partial charge in [0, 0.05) is 18.3 Å². The van der Waals surface area contributed by atoms with Gasteiger partial charge in [0.05, 0.1) is 6.04 Å². The number of carbonyl (C=O) groups is 1. The number of benzene rings is 2. The monoisotopic (exact) mass is 268 g/mol. The van der Waals surface area contributed by atoms with Crippen molar-refractivity contribution in [2.24, 2.45) is 0 Å². The number of carbonyl (C=O) groups excluding carboxylic acids is 1. The second-order valence-corrected chi connectivity index (χ2v) is 4.78. The Balaban J connectivity index is 2.13. The van der Waals surface area contributed by atoms with Crippen molar-refractivity contribution in [2.75, 3.05) is 10.6 Å². The van der Waals surface area contributed by atoms with E-state index in [1.165, 1.54) is 12.5 Å². The summed E-state index contributed by atoms with van der Waals surface area (Å²) in [6.07, 6.45) is 0.994. The van der Waals surface area contributed by atoms with Gasteiger partial charge in [0.2, 0.25) is 5.91 Å². The molecule has 0 aromatic heterocycles. The SMILES string of the molecule is CCC(Nc1cccc(NC(C)=O)c1)c1ccccc1. The van der Waals surface area contributed by atoms with Crippen molar-refractivity contribution in [2.45, 2.75) is 26.3 Å². The fourth-order valence-corrected chi connectivity index (χ4v) is 2.20. The lowest BCUT2D eigenvalue weighted by molar-refractivity contribution is -0.114. The Hall–Kier alpha value is -2.29. The molecule has 0 saturated heterocycles. The molecule has 0 aliphatic heterocycles. The highest BCUT2D eigenvalue weighted by molar-refractivity contribution is 5.89. The average Bonchev–Trinajstić information content (AvgIpc) is 2.45. The molecule has 0 heterocycles. The van der Waals surface area contributed by atoms with E-state index < -0.39 is 0 Å². The van der Waals surface area contributed by atoms with Crippen LogP contribution in [0.4, 0.5) is 11.4 Å². The summed E-state index contributed by atoms with van der Waals surface area (Å²) in [7, 11) is 0. The van der Waals surface area contributed by atoms with Crippen LogP contribution in [0.3, 0.4) is 0 Å². The number of rotatable bonds is 5. The number of amides is 1. The van der Waals surface area contributed by atoms with Crippen LogP contribution in [0.2, 0.25) is 0 Å². The van der Waals surface area contributed by atoms with Gasteiger partial charge in [-0.15, -0.1) is 0 Å². The van der Waals surface area contributed by atoms with Crippen molar-refractivity contribution < 1.29 is 4.79 Å². The van der Waals surface area contributed by atoms with E-state index in [1.807, 2.05) is 42.5 Å². The molecule has 3 nitrogen and oxygen atoms in total. The molecule has 1 atom stereocenters. The first-order valence-corrected chi connectivity index (χ1v) is 6.88. The van der Waals surface area contributed by atoms with Crippen LogP contribution in [-0.2, 0) is 4.79 Å². The van der Waals surface area contributed by atoms with Crippen molar-refractivity contribution in [3.05, 3.63) is 60.2 Å². The van der Waals surface area contributed by atoms with Crippen LogP contribution < -0.4 is 10.6 Å². The standard InChI is InChI=1S/C17H20N2O/c1-3-17(14-8-5-4-6-9-14)19-16-11-7-10-15(12-16)18-13(2)20/h4-12,17,19H,3H2,1-2H3,(H,18,20). The summed E-state index contributed by atoms with van der Waals surface area (Å²) in [6.45, 7) is 3.67. The maximum atomic E-state index is 11.1. The molecule has 1 unspecified atom stereocenters. The Bertz CT molecular complexity index is 566. The largest absolute Gasteiger partial charge is 0.378 e. The van der Waals surface area contributed by atoms with E-state index in [-0.39, 0.29) is 11.9 Å². The third kappa shape index (κ3) is 3.85. The Morgan fingerprint density at radius 1 is 1.05 bits per heavy atom. The average molecular weight is 268 g/mol. The van der Waals surface area contributed by atoms with Gasteiger partial charge in [-0.25, -0.2) is 0 Å². The first kappa shape index (κ1) is 14.1. The van der Waals surface area contributed by atoms with Gasteiger partial charge in [0.15, 0.2) is 0 Å². The van der Waals surface area contributed by atoms with Crippen LogP contribution in [0.25, 0.3) is 0 Å². The minimum absolute atomic E-state index is 0.0581. The summed E-state index contributed by atoms with van der Waals surface area (Å²) in [5.74, 6) is -0.0581. The normalized spacial score (nSPS) is 11.7. The van der Waals surface area contributed by atoms with Crippen LogP contribution in [0, 0.1) is 0 Å². The van der Waals surface area contributed by atoms with E-state index >= 15 is 0 Å². The highest BCUT2D eigenvalue weighted by Gasteiger charge is 2.08. The van der Waals surface area contributed by atoms with Gasteiger partial charge in [0.25, 0.3) is 0 Å². The van der Waals surface area contributed by atoms with Gasteiger partial charge >= 0.3 is 0 Å². The highest BCUT2D eigenvalue weighted by Crippen LogP contribution is 2.24. The van der Waals surface area contributed by atoms with Crippen LogP contribution >= 0.6 is 0 Å². The molecule has 0 fully saturated rings. The second-order valence-electron chi connectivity index (χ2n) is 4.78. The number of nitrogens with one attached hydrogen (secondary N) is 2. The predicted octanol–water partition coefficient (Wildman–Crippen LogP) is 4.21. The molecule has 20 heavy (non-hydrogen) atoms. The molecule has 1 amide bonds. The smallest absolute Gasteiger partial charge is 0.221 e. The molecule has 0 aliphatic rings. The quantitative estimate of drug-likeness (QED) is 0.853. The zero-order chi connectivity index (χ0) is 14.4. The van der Waals surface area contributed by atoms with E-state index in [2.05, 4.69) is 29.7 Å². The molecule has 0 aliphatic carbocycles. The summed E-state index contributed by atoms with van der Waals surface area (Å²) in [5.41, 5.74) is 3.08. The first-order chi connectivity index (χ1) is 9.69. The molecule has 3 heteroatoms. The number of hydrogen-bond donors (Lipinski definition) is 2. The Morgan fingerprint density at radius 2 is 1.75 bits per heavy atom. The van der Waals surface area contributed by atoms with Crippen molar-refractivity contribution in [3.63, 3.8) is 0 Å². The molecule has 2 rings (SSSR count). The molecule has 0 radical (unpaired) electrons. The maximum Gasteiger partial charge on any atom is 0.221 e. The zero-order valence-electron chi connectivity index (χ0n) is 11.9. The highest BCUT2D eigenvalue weighted by atomic mass is 16.1. The minimum Gasteiger partial charge on any atom is -0.378 e. The van der Waals surface area contributed by atoms with Gasteiger partial charge in [-0.3, -0.25) is 4.79 Å². The number of anilines is 2. The molecule has 2 aromatic carbocycles. The van der Waals surface area contributed by atoms with E-state index in [9.17, 15) is 4.79 Å². The predicted molar refractivity (Wildman–Crippen MR) is 83.8 cm³/mol. The lowest BCUT2D eigenvalue weighted by Gasteiger charge is -2.19. The van der Waals surface area contributed by atoms with Crippen molar-refractivity contribution in [1.29, 1.82) is 0 Å². The summed E-state index contributed by atoms with van der Waals surface area (Å²) in [4.78, 5) is 11.1. The molecular weight excluding hydrogens is 248 g/mol. The minimum atomic E-state index is -0.0581. The van der Waals surface area contributed by atoms with Crippen LogP contribution in [-0.4, -0.2) is 5.91 Å². The molecule has 0 bridgehead atoms. The molecule has 2 aromatic rings. The summed E-state index contributed by atoms with van der Waals surface area (Å²) in [5, 5.41) is 6.30. The van der Waals surface area contributed by atoms with E-state index in [1.54, 1.807) is 0 Å². The van der Waals surface area contributed by atoms with E-state index in [0.29, 0.717) is 0 Å². The van der Waals surface area contributed by atoms with Gasteiger partial charge in [-0.1, -0.05) is 43.3 Å². The summed E-state index contributed by atoms with van der Waals surface area (Å²) < 4.78 is 0. The van der Waals surface area contributed by atoms with Gasteiger partial charge < -0.3 is 10.6 Å². The summed E-state index contributed by atoms with van der Waals surface area (Å²) >= 11 is 0. The lowest BCUT2D eigenvalue weighted by atomic mass is 10.0. The molecule has 0 spiro atoms. The van der Waals surface area contributed by atoms with E-state index in [0.717, 1.165) is 17.8 Å². The topological polar surface area (TPSA) is 41.1 Å². The first-order valence-electron chi connectivity index (χ1n) is 6.88. The lowest BCUT2D eigenvalue weighted by Crippen LogP contribution is -2.10. The summed E-state index contributed by atoms with van der Waals surface area (Å²) in [6, 6.07) is 18.4. The van der Waals surface area contributed by atoms with Crippen molar-refractivity contribution >= 4 is 17.3 Å². The molecule has 2 N–H and O–H groups in total. The fourth-order valence-electron chi connectivity index (χ4n) is 2.20. The van der Waals surface area contributed by atoms with Crippen LogP contribution in [0.5, 0.6) is 0 Å². The van der Waals surface area contributed by atoms with Gasteiger partial charge in [-0.05, 0) is 30.2 Å². The third-order valence-corrected chi connectivity index (χ3v) is 3.13. The van der Waals surface area contributed by atoms with Crippen molar-refractivity contribution in [1.82, 2.24) is 0 Å². The van der Waals surface area contributed by atoms with Gasteiger partial charge in [0.1, 0.15) is 0 Å². The molecule has 104 valence electrons. The number of hydrogen-bond acceptors (Lipinski definition) is 2. The van der Waals surface area contributed by atoms with Gasteiger partial charge in [-0.2, -0.15) is 0 Å². The Labute approximate surface area is 120 Å². The fraction of sp³-hybridized carbons (Fsp3) is 0.235. The molecule has 0 saturated carbocycles. The third-order valence-electron chi connectivity index (χ3n) is 3.13. The van der Waals surface area contributed by atoms with Crippen molar-refractivity contribution in [3.8, 4) is 0 Å². The Morgan fingerprint density at radius 3 is 2.40 bits per heavy atom. The zero-order valence-corrected chi connectivity index (χ0v) is 11.9. The molecular formula is C17H20N2O. The van der Waals surface area contributed by atoms with Crippen LogP contribution in [0.15, 0.2) is 54.6 Å². The maximum absolute atomic E-state index is 11.1. The Kier molecular flexibility index (Phi) is 4.77. The van der Waals surface area contributed by atoms with E-state index in [4.69, 9.17) is 0 Å².